The van der Waals surface area contributed by atoms with Crippen molar-refractivity contribution < 1.29 is 19.0 Å². The molecule has 1 aliphatic heterocycles. The highest BCUT2D eigenvalue weighted by Gasteiger charge is 2.33. The summed E-state index contributed by atoms with van der Waals surface area (Å²) in [7, 11) is 0. The van der Waals surface area contributed by atoms with Gasteiger partial charge in [0.15, 0.2) is 5.79 Å². The largest absolute Gasteiger partial charge is 0.463 e. The van der Waals surface area contributed by atoms with Crippen LogP contribution in [0, 0.1) is 0 Å². The molecule has 0 bridgehead atoms. The molecule has 1 rings (SSSR count). The second-order valence-electron chi connectivity index (χ2n) is 8.11. The van der Waals surface area contributed by atoms with Crippen molar-refractivity contribution in [3.05, 3.63) is 24.3 Å². The van der Waals surface area contributed by atoms with Gasteiger partial charge in [-0.25, -0.2) is 0 Å². The minimum absolute atomic E-state index is 0.126. The average molecular weight is 395 g/mol. The zero-order valence-corrected chi connectivity index (χ0v) is 18.4. The normalized spacial score (nSPS) is 19.0. The summed E-state index contributed by atoms with van der Waals surface area (Å²) in [5, 5.41) is 0. The Kier molecular flexibility index (Phi) is 14.0. The van der Waals surface area contributed by atoms with Crippen LogP contribution in [-0.4, -0.2) is 31.1 Å². The molecule has 1 heterocycles. The minimum Gasteiger partial charge on any atom is -0.463 e. The van der Waals surface area contributed by atoms with E-state index in [2.05, 4.69) is 31.2 Å². The summed E-state index contributed by atoms with van der Waals surface area (Å²) < 4.78 is 16.4. The maximum absolute atomic E-state index is 11.8. The van der Waals surface area contributed by atoms with Crippen LogP contribution in [0.3, 0.4) is 0 Å². The number of unbranched alkanes of at least 4 members (excludes halogenated alkanes) is 8. The number of hydrogen-bond acceptors (Lipinski definition) is 4. The summed E-state index contributed by atoms with van der Waals surface area (Å²) in [6, 6.07) is 0. The van der Waals surface area contributed by atoms with Crippen LogP contribution in [0.4, 0.5) is 0 Å². The first kappa shape index (κ1) is 24.9. The predicted molar refractivity (Wildman–Crippen MR) is 115 cm³/mol. The van der Waals surface area contributed by atoms with E-state index in [1.807, 2.05) is 13.8 Å². The molecule has 4 heteroatoms. The molecule has 0 aromatic rings. The number of ether oxygens (including phenoxy) is 3. The van der Waals surface area contributed by atoms with Crippen LogP contribution in [0.25, 0.3) is 0 Å². The number of hydrogen-bond donors (Lipinski definition) is 0. The lowest BCUT2D eigenvalue weighted by molar-refractivity contribution is -0.158. The quantitative estimate of drug-likeness (QED) is 0.170. The molecular formula is C24H42O4. The van der Waals surface area contributed by atoms with Crippen LogP contribution in [0.2, 0.25) is 0 Å². The molecule has 1 atom stereocenters. The van der Waals surface area contributed by atoms with Gasteiger partial charge in [0, 0.05) is 6.42 Å². The van der Waals surface area contributed by atoms with Gasteiger partial charge in [0.2, 0.25) is 0 Å². The van der Waals surface area contributed by atoms with E-state index in [4.69, 9.17) is 14.2 Å². The van der Waals surface area contributed by atoms with Crippen molar-refractivity contribution in [2.45, 2.75) is 110 Å². The van der Waals surface area contributed by atoms with Gasteiger partial charge in [-0.1, -0.05) is 63.3 Å². The molecular weight excluding hydrogens is 352 g/mol. The van der Waals surface area contributed by atoms with Crippen LogP contribution in [0.5, 0.6) is 0 Å². The van der Waals surface area contributed by atoms with Crippen molar-refractivity contribution in [1.82, 2.24) is 0 Å². The van der Waals surface area contributed by atoms with E-state index in [-0.39, 0.29) is 12.1 Å². The molecule has 4 nitrogen and oxygen atoms in total. The second-order valence-corrected chi connectivity index (χ2v) is 8.11. The van der Waals surface area contributed by atoms with E-state index in [1.54, 1.807) is 0 Å². The Morgan fingerprint density at radius 2 is 1.61 bits per heavy atom. The first-order valence-corrected chi connectivity index (χ1v) is 11.3. The molecule has 162 valence electrons. The van der Waals surface area contributed by atoms with Crippen molar-refractivity contribution in [2.75, 3.05) is 13.2 Å². The van der Waals surface area contributed by atoms with Gasteiger partial charge in [-0.05, 0) is 52.4 Å². The molecule has 0 radical (unpaired) electrons. The molecule has 0 N–H and O–H groups in total. The van der Waals surface area contributed by atoms with Crippen LogP contribution in [0.15, 0.2) is 24.3 Å². The van der Waals surface area contributed by atoms with Gasteiger partial charge in [-0.15, -0.1) is 0 Å². The number of rotatable bonds is 16. The van der Waals surface area contributed by atoms with Crippen molar-refractivity contribution in [3.63, 3.8) is 0 Å². The Morgan fingerprint density at radius 1 is 0.964 bits per heavy atom. The predicted octanol–water partition coefficient (Wildman–Crippen LogP) is 6.49. The fourth-order valence-electron chi connectivity index (χ4n) is 3.18. The summed E-state index contributed by atoms with van der Waals surface area (Å²) in [6.45, 7) is 6.77. The van der Waals surface area contributed by atoms with E-state index < -0.39 is 5.79 Å². The van der Waals surface area contributed by atoms with Gasteiger partial charge in [0.1, 0.15) is 12.7 Å². The van der Waals surface area contributed by atoms with Crippen LogP contribution >= 0.6 is 0 Å². The Hall–Kier alpha value is -1.13. The number of allylic oxidation sites excluding steroid dienone is 4. The molecule has 0 amide bonds. The third kappa shape index (κ3) is 14.0. The maximum atomic E-state index is 11.8. The average Bonchev–Trinajstić information content (AvgIpc) is 3.02. The molecule has 28 heavy (non-hydrogen) atoms. The summed E-state index contributed by atoms with van der Waals surface area (Å²) in [4.78, 5) is 11.8. The molecule has 1 unspecified atom stereocenters. The monoisotopic (exact) mass is 394 g/mol. The van der Waals surface area contributed by atoms with E-state index in [0.29, 0.717) is 19.6 Å². The highest BCUT2D eigenvalue weighted by Crippen LogP contribution is 2.22. The smallest absolute Gasteiger partial charge is 0.305 e. The van der Waals surface area contributed by atoms with Crippen molar-refractivity contribution in [1.29, 1.82) is 0 Å². The molecule has 0 spiro atoms. The summed E-state index contributed by atoms with van der Waals surface area (Å²) >= 11 is 0. The van der Waals surface area contributed by atoms with Gasteiger partial charge in [-0.2, -0.15) is 0 Å². The van der Waals surface area contributed by atoms with Crippen LogP contribution in [0.1, 0.15) is 97.8 Å². The van der Waals surface area contributed by atoms with E-state index in [9.17, 15) is 4.79 Å². The van der Waals surface area contributed by atoms with Crippen molar-refractivity contribution >= 4 is 5.97 Å². The summed E-state index contributed by atoms with van der Waals surface area (Å²) in [6.07, 6.45) is 22.5. The first-order chi connectivity index (χ1) is 13.5. The van der Waals surface area contributed by atoms with Crippen molar-refractivity contribution in [3.8, 4) is 0 Å². The Morgan fingerprint density at radius 3 is 2.25 bits per heavy atom. The second kappa shape index (κ2) is 15.8. The summed E-state index contributed by atoms with van der Waals surface area (Å²) in [5.74, 6) is -0.684. The topological polar surface area (TPSA) is 44.8 Å². The fourth-order valence-corrected chi connectivity index (χ4v) is 3.18. The van der Waals surface area contributed by atoms with Gasteiger partial charge < -0.3 is 14.2 Å². The lowest BCUT2D eigenvalue weighted by Crippen LogP contribution is -2.25. The van der Waals surface area contributed by atoms with Gasteiger partial charge in [0.25, 0.3) is 0 Å². The first-order valence-electron chi connectivity index (χ1n) is 11.3. The van der Waals surface area contributed by atoms with Gasteiger partial charge in [-0.3, -0.25) is 4.79 Å². The number of carbonyl (C=O) groups is 1. The van der Waals surface area contributed by atoms with E-state index >= 15 is 0 Å². The maximum Gasteiger partial charge on any atom is 0.305 e. The van der Waals surface area contributed by atoms with E-state index in [1.165, 1.54) is 44.9 Å². The van der Waals surface area contributed by atoms with E-state index in [0.717, 1.165) is 25.7 Å². The third-order valence-corrected chi connectivity index (χ3v) is 4.83. The SMILES string of the molecule is CCCCCC=CCC=CCCCCCCCC(=O)OCC1COC(C)(C)O1. The highest BCUT2D eigenvalue weighted by molar-refractivity contribution is 5.69. The third-order valence-electron chi connectivity index (χ3n) is 4.83. The minimum atomic E-state index is -0.558. The zero-order chi connectivity index (χ0) is 20.5. The molecule has 1 aliphatic rings. The van der Waals surface area contributed by atoms with Crippen molar-refractivity contribution in [2.24, 2.45) is 0 Å². The fraction of sp³-hybridized carbons (Fsp3) is 0.792. The molecule has 1 fully saturated rings. The number of carbonyl (C=O) groups excluding carboxylic acids is 1. The molecule has 0 saturated carbocycles. The highest BCUT2D eigenvalue weighted by atomic mass is 16.7. The summed E-state index contributed by atoms with van der Waals surface area (Å²) in [5.41, 5.74) is 0. The standard InChI is InChI=1S/C24H42O4/c1-4-5-6-7-8-9-10-11-12-13-14-15-16-17-18-19-23(25)26-20-22-21-27-24(2,3)28-22/h8-9,11-12,22H,4-7,10,13-21H2,1-3H3. The molecule has 0 aromatic heterocycles. The lowest BCUT2D eigenvalue weighted by atomic mass is 10.1. The number of esters is 1. The van der Waals surface area contributed by atoms with Crippen LogP contribution < -0.4 is 0 Å². The molecule has 0 aliphatic carbocycles. The van der Waals surface area contributed by atoms with Gasteiger partial charge >= 0.3 is 5.97 Å². The Labute approximate surface area is 172 Å². The Bertz CT molecular complexity index is 454. The molecule has 0 aromatic carbocycles. The van der Waals surface area contributed by atoms with Gasteiger partial charge in [0.05, 0.1) is 6.61 Å². The lowest BCUT2D eigenvalue weighted by Gasteiger charge is -2.16. The Balaban J connectivity index is 1.84. The molecule has 1 saturated heterocycles. The zero-order valence-electron chi connectivity index (χ0n) is 18.4. The van der Waals surface area contributed by atoms with Crippen LogP contribution in [-0.2, 0) is 19.0 Å².